The van der Waals surface area contributed by atoms with Gasteiger partial charge in [0.05, 0.1) is 24.9 Å². The molecule has 1 aromatic heterocycles. The number of aromatic nitrogens is 1. The summed E-state index contributed by atoms with van der Waals surface area (Å²) < 4.78 is 16.8. The number of amides is 3. The van der Waals surface area contributed by atoms with E-state index in [-0.39, 0.29) is 13.2 Å². The lowest BCUT2D eigenvalue weighted by atomic mass is 10.1. The Balaban J connectivity index is 1.61. The molecule has 3 amide bonds. The Morgan fingerprint density at radius 2 is 1.85 bits per heavy atom. The van der Waals surface area contributed by atoms with Crippen LogP contribution in [0.2, 0.25) is 0 Å². The van der Waals surface area contributed by atoms with Crippen molar-refractivity contribution in [3.8, 4) is 17.0 Å². The number of nitrogens with zero attached hydrogens (tertiary/aromatic N) is 2. The van der Waals surface area contributed by atoms with E-state index in [0.717, 1.165) is 59.8 Å². The van der Waals surface area contributed by atoms with Gasteiger partial charge in [0.1, 0.15) is 24.4 Å². The lowest BCUT2D eigenvalue weighted by Gasteiger charge is -2.33. The highest BCUT2D eigenvalue weighted by atomic mass is 16.6. The second-order valence-corrected chi connectivity index (χ2v) is 12.1. The molecular formula is C38H48N3O6+. The SMILES string of the molecule is C=CCCCCCOC(=O)NC(CCCC)C(=O)[N+]1(C(=O)OC)C[C@H](Oc2cc(-c3ccccc3)nc3ccc(C=C)cc23)CC1C. The molecule has 0 spiro atoms. The summed E-state index contributed by atoms with van der Waals surface area (Å²) in [4.78, 5) is 45.7. The topological polar surface area (TPSA) is 104 Å². The number of ether oxygens (including phenoxy) is 3. The number of methoxy groups -OCH3 is 1. The summed E-state index contributed by atoms with van der Waals surface area (Å²) in [6, 6.07) is 16.2. The van der Waals surface area contributed by atoms with Crippen molar-refractivity contribution < 1.29 is 33.1 Å². The number of likely N-dealkylation sites (tertiary alicyclic amines) is 1. The van der Waals surface area contributed by atoms with Crippen molar-refractivity contribution in [2.75, 3.05) is 20.3 Å². The molecule has 0 aliphatic carbocycles. The van der Waals surface area contributed by atoms with Crippen LogP contribution in [0.4, 0.5) is 9.59 Å². The Morgan fingerprint density at radius 1 is 1.06 bits per heavy atom. The van der Waals surface area contributed by atoms with Gasteiger partial charge >= 0.3 is 18.1 Å². The van der Waals surface area contributed by atoms with E-state index in [0.29, 0.717) is 25.0 Å². The van der Waals surface area contributed by atoms with E-state index in [9.17, 15) is 14.4 Å². The van der Waals surface area contributed by atoms with Gasteiger partial charge in [-0.15, -0.1) is 6.58 Å². The smallest absolute Gasteiger partial charge is 0.483 e. The van der Waals surface area contributed by atoms with Crippen LogP contribution in [0.25, 0.3) is 28.2 Å². The first-order valence-electron chi connectivity index (χ1n) is 16.6. The number of carbonyl (C=O) groups is 3. The molecule has 0 bridgehead atoms. The molecular weight excluding hydrogens is 594 g/mol. The van der Waals surface area contributed by atoms with Crippen LogP contribution < -0.4 is 10.1 Å². The molecule has 1 aliphatic rings. The van der Waals surface area contributed by atoms with Crippen LogP contribution >= 0.6 is 0 Å². The third-order valence-corrected chi connectivity index (χ3v) is 8.86. The second-order valence-electron chi connectivity index (χ2n) is 12.1. The number of imide groups is 1. The molecule has 1 fully saturated rings. The standard InChI is InChI=1S/C38H47N3O6/c1-6-9-11-12-16-22-46-37(43)40-33(19-10-7-2)36(42)41(38(44)45-5)26-30(23-27(41)4)47-35-25-34(29-17-14-13-15-18-29)39-32-21-20-28(8-3)24-31(32)35/h6,8,13-15,17-18,20-21,24-25,27,30,33H,1,3,7,9-12,16,19,22-23,26H2,2,4-5H3/p+1/t27?,30-,33?,41?/m1/s1. The number of fused-ring (bicyclic) bond motifs is 1. The molecule has 0 saturated carbocycles. The van der Waals surface area contributed by atoms with Gasteiger partial charge in [-0.1, -0.05) is 74.9 Å². The van der Waals surface area contributed by atoms with Crippen LogP contribution in [-0.4, -0.2) is 66.0 Å². The van der Waals surface area contributed by atoms with Gasteiger partial charge in [0.2, 0.25) is 0 Å². The number of carbonyl (C=O) groups excluding carboxylic acids is 3. The first kappa shape index (κ1) is 35.4. The average Bonchev–Trinajstić information content (AvgIpc) is 3.43. The van der Waals surface area contributed by atoms with Crippen molar-refractivity contribution in [1.82, 2.24) is 10.3 Å². The summed E-state index contributed by atoms with van der Waals surface area (Å²) >= 11 is 0. The molecule has 3 unspecified atom stereocenters. The molecule has 1 N–H and O–H groups in total. The molecule has 2 aromatic carbocycles. The van der Waals surface area contributed by atoms with E-state index in [2.05, 4.69) is 18.5 Å². The zero-order chi connectivity index (χ0) is 33.8. The van der Waals surface area contributed by atoms with Gasteiger partial charge in [-0.25, -0.2) is 14.6 Å². The van der Waals surface area contributed by atoms with E-state index >= 15 is 0 Å². The molecule has 9 nitrogen and oxygen atoms in total. The van der Waals surface area contributed by atoms with Gasteiger partial charge in [0.15, 0.2) is 6.10 Å². The summed E-state index contributed by atoms with van der Waals surface area (Å²) in [5.74, 6) is 0.176. The van der Waals surface area contributed by atoms with Crippen LogP contribution in [0.5, 0.6) is 5.75 Å². The van der Waals surface area contributed by atoms with Crippen molar-refractivity contribution in [3.63, 3.8) is 0 Å². The Labute approximate surface area is 278 Å². The fourth-order valence-electron chi connectivity index (χ4n) is 6.27. The van der Waals surface area contributed by atoms with Gasteiger partial charge in [0.25, 0.3) is 0 Å². The van der Waals surface area contributed by atoms with E-state index in [1.165, 1.54) is 7.11 Å². The predicted octanol–water partition coefficient (Wildman–Crippen LogP) is 8.23. The normalized spacial score (nSPS) is 19.5. The average molecular weight is 643 g/mol. The van der Waals surface area contributed by atoms with Crippen molar-refractivity contribution in [1.29, 1.82) is 0 Å². The Kier molecular flexibility index (Phi) is 12.7. The van der Waals surface area contributed by atoms with E-state index in [4.69, 9.17) is 19.2 Å². The molecule has 1 saturated heterocycles. The summed E-state index contributed by atoms with van der Waals surface area (Å²) in [7, 11) is 1.28. The largest absolute Gasteiger partial charge is 0.523 e. The molecule has 4 atom stereocenters. The third kappa shape index (κ3) is 8.46. The monoisotopic (exact) mass is 642 g/mol. The maximum absolute atomic E-state index is 14.4. The highest BCUT2D eigenvalue weighted by molar-refractivity contribution is 5.90. The number of rotatable bonds is 15. The van der Waals surface area contributed by atoms with Crippen LogP contribution in [0.3, 0.4) is 0 Å². The number of unbranched alkanes of at least 4 members (excludes halogenated alkanes) is 4. The first-order valence-corrected chi connectivity index (χ1v) is 16.6. The minimum Gasteiger partial charge on any atom is -0.483 e. The number of allylic oxidation sites excluding steroid dienone is 1. The third-order valence-electron chi connectivity index (χ3n) is 8.86. The van der Waals surface area contributed by atoms with Crippen molar-refractivity contribution >= 4 is 35.1 Å². The number of hydrogen-bond donors (Lipinski definition) is 1. The zero-order valence-electron chi connectivity index (χ0n) is 27.9. The van der Waals surface area contributed by atoms with Crippen molar-refractivity contribution in [3.05, 3.63) is 79.4 Å². The molecule has 3 aromatic rings. The lowest BCUT2D eigenvalue weighted by Crippen LogP contribution is -2.65. The van der Waals surface area contributed by atoms with Gasteiger partial charge in [-0.2, -0.15) is 9.28 Å². The molecule has 9 heteroatoms. The van der Waals surface area contributed by atoms with E-state index < -0.39 is 40.8 Å². The van der Waals surface area contributed by atoms with Crippen LogP contribution in [0.15, 0.2) is 73.8 Å². The number of alkyl carbamates (subject to hydrolysis) is 1. The van der Waals surface area contributed by atoms with Gasteiger partial charge in [-0.3, -0.25) is 0 Å². The summed E-state index contributed by atoms with van der Waals surface area (Å²) in [5.41, 5.74) is 3.36. The highest BCUT2D eigenvalue weighted by Gasteiger charge is 2.60. The van der Waals surface area contributed by atoms with Crippen LogP contribution in [-0.2, 0) is 14.3 Å². The number of benzene rings is 2. The van der Waals surface area contributed by atoms with Crippen molar-refractivity contribution in [2.24, 2.45) is 0 Å². The summed E-state index contributed by atoms with van der Waals surface area (Å²) in [5, 5.41) is 3.58. The Morgan fingerprint density at radius 3 is 2.55 bits per heavy atom. The number of nitrogens with one attached hydrogen (secondary N) is 1. The maximum atomic E-state index is 14.4. The van der Waals surface area contributed by atoms with Gasteiger partial charge < -0.3 is 19.5 Å². The quantitative estimate of drug-likeness (QED) is 0.101. The van der Waals surface area contributed by atoms with Gasteiger partial charge in [-0.05, 0) is 56.7 Å². The molecule has 47 heavy (non-hydrogen) atoms. The number of hydrogen-bond acceptors (Lipinski definition) is 7. The summed E-state index contributed by atoms with van der Waals surface area (Å²) in [6.07, 6.45) is 7.61. The zero-order valence-corrected chi connectivity index (χ0v) is 27.9. The maximum Gasteiger partial charge on any atom is 0.523 e. The van der Waals surface area contributed by atoms with Crippen LogP contribution in [0.1, 0.15) is 70.8 Å². The van der Waals surface area contributed by atoms with Crippen molar-refractivity contribution in [2.45, 2.75) is 83.4 Å². The number of quaternary nitrogens is 1. The Hall–Kier alpha value is -4.50. The van der Waals surface area contributed by atoms with Crippen LogP contribution in [0, 0.1) is 0 Å². The van der Waals surface area contributed by atoms with E-state index in [1.54, 1.807) is 6.08 Å². The molecule has 2 heterocycles. The second kappa shape index (κ2) is 16.9. The predicted molar refractivity (Wildman–Crippen MR) is 185 cm³/mol. The molecule has 1 aliphatic heterocycles. The molecule has 4 rings (SSSR count). The van der Waals surface area contributed by atoms with Gasteiger partial charge in [0, 0.05) is 23.4 Å². The molecule has 250 valence electrons. The number of pyridine rings is 1. The summed E-state index contributed by atoms with van der Waals surface area (Å²) in [6.45, 7) is 11.8. The highest BCUT2D eigenvalue weighted by Crippen LogP contribution is 2.37. The lowest BCUT2D eigenvalue weighted by molar-refractivity contribution is -0.794. The fraction of sp³-hybridized carbons (Fsp3) is 0.421. The molecule has 0 radical (unpaired) electrons. The fourth-order valence-corrected chi connectivity index (χ4v) is 6.27. The minimum atomic E-state index is -0.926. The van der Waals surface area contributed by atoms with E-state index in [1.807, 2.05) is 74.5 Å². The first-order chi connectivity index (χ1) is 22.8. The Bertz CT molecular complexity index is 1560. The minimum absolute atomic E-state index is 0.0565.